The van der Waals surface area contributed by atoms with Gasteiger partial charge in [-0.1, -0.05) is 42.5 Å². The Morgan fingerprint density at radius 2 is 1.68 bits per heavy atom. The summed E-state index contributed by atoms with van der Waals surface area (Å²) >= 11 is 0. The molecule has 0 aliphatic carbocycles. The van der Waals surface area contributed by atoms with Crippen LogP contribution in [0, 0.1) is 6.92 Å². The lowest BCUT2D eigenvalue weighted by atomic mass is 10.1. The SMILES string of the molecule is Cc1cc(C(=O)NCc2ccccc2)nc(Nc2ccccc2C(F)(F)F)n1. The number of aryl methyl sites for hydroxylation is 1. The number of para-hydroxylation sites is 1. The van der Waals surface area contributed by atoms with Crippen molar-refractivity contribution < 1.29 is 18.0 Å². The zero-order valence-electron chi connectivity index (χ0n) is 14.9. The molecule has 2 N–H and O–H groups in total. The molecule has 28 heavy (non-hydrogen) atoms. The first kappa shape index (κ1) is 19.3. The maximum atomic E-state index is 13.2. The van der Waals surface area contributed by atoms with Gasteiger partial charge in [-0.05, 0) is 30.7 Å². The lowest BCUT2D eigenvalue weighted by Crippen LogP contribution is -2.24. The molecular formula is C20H17F3N4O. The highest BCUT2D eigenvalue weighted by atomic mass is 19.4. The van der Waals surface area contributed by atoms with Gasteiger partial charge in [0.15, 0.2) is 0 Å². The summed E-state index contributed by atoms with van der Waals surface area (Å²) in [6.45, 7) is 1.94. The van der Waals surface area contributed by atoms with Crippen molar-refractivity contribution in [3.05, 3.63) is 83.2 Å². The zero-order chi connectivity index (χ0) is 20.1. The van der Waals surface area contributed by atoms with Crippen LogP contribution in [0.2, 0.25) is 0 Å². The third-order valence-electron chi connectivity index (χ3n) is 3.86. The van der Waals surface area contributed by atoms with Crippen LogP contribution in [0.5, 0.6) is 0 Å². The van der Waals surface area contributed by atoms with Gasteiger partial charge in [0.05, 0.1) is 11.3 Å². The van der Waals surface area contributed by atoms with E-state index >= 15 is 0 Å². The van der Waals surface area contributed by atoms with Gasteiger partial charge in [-0.25, -0.2) is 9.97 Å². The number of nitrogens with one attached hydrogen (secondary N) is 2. The molecule has 1 heterocycles. The number of rotatable bonds is 5. The van der Waals surface area contributed by atoms with Crippen molar-refractivity contribution in [2.45, 2.75) is 19.6 Å². The van der Waals surface area contributed by atoms with Crippen molar-refractivity contribution >= 4 is 17.5 Å². The van der Waals surface area contributed by atoms with Crippen LogP contribution in [0.3, 0.4) is 0 Å². The van der Waals surface area contributed by atoms with E-state index in [-0.39, 0.29) is 17.3 Å². The predicted octanol–water partition coefficient (Wildman–Crippen LogP) is 4.48. The number of hydrogen-bond donors (Lipinski definition) is 2. The molecule has 0 radical (unpaired) electrons. The molecule has 0 saturated heterocycles. The van der Waals surface area contributed by atoms with E-state index in [9.17, 15) is 18.0 Å². The van der Waals surface area contributed by atoms with Crippen LogP contribution in [0.25, 0.3) is 0 Å². The van der Waals surface area contributed by atoms with Gasteiger partial charge in [-0.15, -0.1) is 0 Å². The molecule has 144 valence electrons. The first-order chi connectivity index (χ1) is 13.3. The van der Waals surface area contributed by atoms with Crippen LogP contribution in [0.1, 0.15) is 27.3 Å². The van der Waals surface area contributed by atoms with Gasteiger partial charge in [0.25, 0.3) is 5.91 Å². The molecule has 3 rings (SSSR count). The predicted molar refractivity (Wildman–Crippen MR) is 99.1 cm³/mol. The first-order valence-electron chi connectivity index (χ1n) is 8.44. The van der Waals surface area contributed by atoms with Crippen molar-refractivity contribution in [1.82, 2.24) is 15.3 Å². The molecule has 8 heteroatoms. The lowest BCUT2D eigenvalue weighted by Gasteiger charge is -2.14. The Morgan fingerprint density at radius 3 is 2.39 bits per heavy atom. The quantitative estimate of drug-likeness (QED) is 0.679. The number of amides is 1. The highest BCUT2D eigenvalue weighted by Gasteiger charge is 2.33. The fourth-order valence-corrected chi connectivity index (χ4v) is 2.57. The molecule has 1 amide bonds. The molecule has 0 saturated carbocycles. The molecule has 0 unspecified atom stereocenters. The number of aromatic nitrogens is 2. The van der Waals surface area contributed by atoms with Gasteiger partial charge in [0, 0.05) is 12.2 Å². The van der Waals surface area contributed by atoms with Crippen molar-refractivity contribution in [2.75, 3.05) is 5.32 Å². The summed E-state index contributed by atoms with van der Waals surface area (Å²) in [5.41, 5.74) is 0.410. The van der Waals surface area contributed by atoms with E-state index in [2.05, 4.69) is 20.6 Å². The number of halogens is 3. The molecule has 1 aromatic heterocycles. The van der Waals surface area contributed by atoms with Crippen molar-refractivity contribution in [2.24, 2.45) is 0 Å². The second-order valence-corrected chi connectivity index (χ2v) is 6.05. The Bertz CT molecular complexity index is 975. The van der Waals surface area contributed by atoms with Crippen molar-refractivity contribution in [3.63, 3.8) is 0 Å². The Labute approximate surface area is 159 Å². The smallest absolute Gasteiger partial charge is 0.347 e. The molecule has 0 aliphatic rings. The average Bonchev–Trinajstić information content (AvgIpc) is 2.66. The number of hydrogen-bond acceptors (Lipinski definition) is 4. The van der Waals surface area contributed by atoms with E-state index in [0.717, 1.165) is 11.6 Å². The van der Waals surface area contributed by atoms with Gasteiger partial charge in [-0.3, -0.25) is 4.79 Å². The Morgan fingerprint density at radius 1 is 1.00 bits per heavy atom. The minimum absolute atomic E-state index is 0.0652. The van der Waals surface area contributed by atoms with Crippen molar-refractivity contribution in [3.8, 4) is 0 Å². The summed E-state index contributed by atoms with van der Waals surface area (Å²) in [5, 5.41) is 5.30. The van der Waals surface area contributed by atoms with E-state index in [0.29, 0.717) is 12.2 Å². The highest BCUT2D eigenvalue weighted by molar-refractivity contribution is 5.92. The molecule has 5 nitrogen and oxygen atoms in total. The van der Waals surface area contributed by atoms with E-state index in [1.807, 2.05) is 30.3 Å². The Kier molecular flexibility index (Phi) is 5.58. The van der Waals surface area contributed by atoms with Crippen LogP contribution < -0.4 is 10.6 Å². The third-order valence-corrected chi connectivity index (χ3v) is 3.86. The number of benzene rings is 2. The fourth-order valence-electron chi connectivity index (χ4n) is 2.57. The van der Waals surface area contributed by atoms with Crippen LogP contribution in [-0.2, 0) is 12.7 Å². The maximum absolute atomic E-state index is 13.2. The van der Waals surface area contributed by atoms with Gasteiger partial charge in [-0.2, -0.15) is 13.2 Å². The Hall–Kier alpha value is -3.42. The maximum Gasteiger partial charge on any atom is 0.418 e. The number of nitrogens with zero attached hydrogens (tertiary/aromatic N) is 2. The molecule has 0 fully saturated rings. The van der Waals surface area contributed by atoms with E-state index < -0.39 is 17.6 Å². The van der Waals surface area contributed by atoms with E-state index in [1.54, 1.807) is 6.92 Å². The molecule has 0 bridgehead atoms. The molecular weight excluding hydrogens is 369 g/mol. The van der Waals surface area contributed by atoms with Gasteiger partial charge in [0.2, 0.25) is 5.95 Å². The minimum Gasteiger partial charge on any atom is -0.347 e. The second kappa shape index (κ2) is 8.08. The molecule has 0 aliphatic heterocycles. The summed E-state index contributed by atoms with van der Waals surface area (Å²) in [4.78, 5) is 20.5. The summed E-state index contributed by atoms with van der Waals surface area (Å²) < 4.78 is 39.5. The molecule has 3 aromatic rings. The molecule has 2 aromatic carbocycles. The monoisotopic (exact) mass is 386 g/mol. The average molecular weight is 386 g/mol. The topological polar surface area (TPSA) is 66.9 Å². The summed E-state index contributed by atoms with van der Waals surface area (Å²) in [5.74, 6) is -0.525. The van der Waals surface area contributed by atoms with Crippen LogP contribution in [0.15, 0.2) is 60.7 Å². The largest absolute Gasteiger partial charge is 0.418 e. The van der Waals surface area contributed by atoms with Gasteiger partial charge >= 0.3 is 6.18 Å². The molecule has 0 atom stereocenters. The summed E-state index contributed by atoms with van der Waals surface area (Å²) in [6, 6.07) is 15.8. The zero-order valence-corrected chi connectivity index (χ0v) is 14.9. The number of carbonyl (C=O) groups excluding carboxylic acids is 1. The highest BCUT2D eigenvalue weighted by Crippen LogP contribution is 2.35. The second-order valence-electron chi connectivity index (χ2n) is 6.05. The normalized spacial score (nSPS) is 11.1. The number of alkyl halides is 3. The number of anilines is 2. The van der Waals surface area contributed by atoms with Crippen LogP contribution >= 0.6 is 0 Å². The van der Waals surface area contributed by atoms with E-state index in [1.165, 1.54) is 24.3 Å². The summed E-state index contributed by atoms with van der Waals surface area (Å²) in [7, 11) is 0. The minimum atomic E-state index is -4.52. The van der Waals surface area contributed by atoms with Crippen molar-refractivity contribution in [1.29, 1.82) is 0 Å². The van der Waals surface area contributed by atoms with Gasteiger partial charge < -0.3 is 10.6 Å². The Balaban J connectivity index is 1.80. The van der Waals surface area contributed by atoms with Gasteiger partial charge in [0.1, 0.15) is 5.69 Å². The third kappa shape index (κ3) is 4.85. The number of carbonyl (C=O) groups is 1. The lowest BCUT2D eigenvalue weighted by molar-refractivity contribution is -0.136. The fraction of sp³-hybridized carbons (Fsp3) is 0.150. The standard InChI is InChI=1S/C20H17F3N4O/c1-13-11-17(18(28)24-12-14-7-3-2-4-8-14)27-19(25-13)26-16-10-6-5-9-15(16)20(21,22)23/h2-11H,12H2,1H3,(H,24,28)(H,25,26,27). The van der Waals surface area contributed by atoms with Crippen LogP contribution in [-0.4, -0.2) is 15.9 Å². The van der Waals surface area contributed by atoms with Crippen LogP contribution in [0.4, 0.5) is 24.8 Å². The first-order valence-corrected chi connectivity index (χ1v) is 8.44. The van der Waals surface area contributed by atoms with E-state index in [4.69, 9.17) is 0 Å². The summed E-state index contributed by atoms with van der Waals surface area (Å²) in [6.07, 6.45) is -4.52. The molecule has 0 spiro atoms.